The lowest BCUT2D eigenvalue weighted by Gasteiger charge is -1.94. The first kappa shape index (κ1) is 10.5. The minimum absolute atomic E-state index is 0.0851. The summed E-state index contributed by atoms with van der Waals surface area (Å²) in [6.45, 7) is 0. The van der Waals surface area contributed by atoms with E-state index in [0.29, 0.717) is 0 Å². The molecule has 0 unspecified atom stereocenters. The Morgan fingerprint density at radius 2 is 1.47 bits per heavy atom. The SMILES string of the molecule is O=c1c2ccccc2ccc2c(Br)cccc12. The van der Waals surface area contributed by atoms with E-state index >= 15 is 0 Å². The van der Waals surface area contributed by atoms with E-state index in [1.165, 1.54) is 0 Å². The highest BCUT2D eigenvalue weighted by atomic mass is 79.9. The van der Waals surface area contributed by atoms with Crippen LogP contribution in [0.5, 0.6) is 0 Å². The van der Waals surface area contributed by atoms with Gasteiger partial charge in [-0.05, 0) is 16.8 Å². The van der Waals surface area contributed by atoms with Crippen molar-refractivity contribution in [1.29, 1.82) is 0 Å². The molecule has 0 amide bonds. The van der Waals surface area contributed by atoms with Crippen LogP contribution < -0.4 is 5.43 Å². The van der Waals surface area contributed by atoms with Crippen LogP contribution in [-0.4, -0.2) is 0 Å². The maximum absolute atomic E-state index is 12.4. The third-order valence-corrected chi connectivity index (χ3v) is 3.62. The standard InChI is InChI=1S/C15H9BrO/c16-14-7-3-6-13-12(14)9-8-10-4-1-2-5-11(10)15(13)17/h1-9H. The van der Waals surface area contributed by atoms with E-state index in [1.807, 2.05) is 54.6 Å². The Kier molecular flexibility index (Phi) is 2.45. The molecule has 0 aliphatic carbocycles. The molecule has 0 spiro atoms. The maximum atomic E-state index is 12.4. The first-order valence-electron chi connectivity index (χ1n) is 5.38. The summed E-state index contributed by atoms with van der Waals surface area (Å²) in [5.41, 5.74) is 0.0851. The summed E-state index contributed by atoms with van der Waals surface area (Å²) >= 11 is 3.49. The average Bonchev–Trinajstić information content (AvgIpc) is 2.50. The van der Waals surface area contributed by atoms with Crippen LogP contribution in [0.3, 0.4) is 0 Å². The molecule has 82 valence electrons. The summed E-state index contributed by atoms with van der Waals surface area (Å²) in [6.07, 6.45) is 0. The molecule has 0 heterocycles. The summed E-state index contributed by atoms with van der Waals surface area (Å²) in [7, 11) is 0. The second-order valence-corrected chi connectivity index (χ2v) is 4.81. The largest absolute Gasteiger partial charge is 0.289 e. The fourth-order valence-corrected chi connectivity index (χ4v) is 2.57. The number of hydrogen-bond donors (Lipinski definition) is 0. The Hall–Kier alpha value is -1.67. The van der Waals surface area contributed by atoms with E-state index in [2.05, 4.69) is 15.9 Å². The van der Waals surface area contributed by atoms with Gasteiger partial charge in [0.05, 0.1) is 0 Å². The van der Waals surface area contributed by atoms with Gasteiger partial charge in [-0.15, -0.1) is 0 Å². The number of rotatable bonds is 0. The summed E-state index contributed by atoms with van der Waals surface area (Å²) in [4.78, 5) is 12.4. The lowest BCUT2D eigenvalue weighted by atomic mass is 10.1. The summed E-state index contributed by atoms with van der Waals surface area (Å²) in [6, 6.07) is 17.4. The number of fused-ring (bicyclic) bond motifs is 2. The summed E-state index contributed by atoms with van der Waals surface area (Å²) < 4.78 is 0.951. The van der Waals surface area contributed by atoms with Gasteiger partial charge in [-0.1, -0.05) is 64.5 Å². The van der Waals surface area contributed by atoms with E-state index in [1.54, 1.807) is 0 Å². The summed E-state index contributed by atoms with van der Waals surface area (Å²) in [5, 5.41) is 3.44. The molecule has 2 heteroatoms. The van der Waals surface area contributed by atoms with Gasteiger partial charge in [-0.3, -0.25) is 4.79 Å². The van der Waals surface area contributed by atoms with E-state index in [9.17, 15) is 4.79 Å². The molecule has 0 fully saturated rings. The van der Waals surface area contributed by atoms with Crippen molar-refractivity contribution in [3.8, 4) is 0 Å². The van der Waals surface area contributed by atoms with Gasteiger partial charge >= 0.3 is 0 Å². The fourth-order valence-electron chi connectivity index (χ4n) is 2.07. The zero-order valence-electron chi connectivity index (χ0n) is 8.98. The molecule has 0 N–H and O–H groups in total. The van der Waals surface area contributed by atoms with Crippen LogP contribution >= 0.6 is 15.9 Å². The van der Waals surface area contributed by atoms with Crippen molar-refractivity contribution in [1.82, 2.24) is 0 Å². The lowest BCUT2D eigenvalue weighted by Crippen LogP contribution is -1.97. The minimum Gasteiger partial charge on any atom is -0.289 e. The molecule has 0 aromatic heterocycles. The monoisotopic (exact) mass is 284 g/mol. The van der Waals surface area contributed by atoms with Gasteiger partial charge in [0.2, 0.25) is 0 Å². The molecule has 3 aromatic carbocycles. The van der Waals surface area contributed by atoms with E-state index < -0.39 is 0 Å². The highest BCUT2D eigenvalue weighted by molar-refractivity contribution is 9.10. The van der Waals surface area contributed by atoms with Crippen LogP contribution in [0, 0.1) is 0 Å². The first-order chi connectivity index (χ1) is 8.27. The lowest BCUT2D eigenvalue weighted by molar-refractivity contribution is 1.72. The highest BCUT2D eigenvalue weighted by Crippen LogP contribution is 2.22. The van der Waals surface area contributed by atoms with Crippen molar-refractivity contribution in [2.24, 2.45) is 0 Å². The molecule has 0 saturated carbocycles. The predicted molar refractivity (Wildman–Crippen MR) is 75.4 cm³/mol. The second-order valence-electron chi connectivity index (χ2n) is 3.95. The van der Waals surface area contributed by atoms with E-state index in [0.717, 1.165) is 26.0 Å². The smallest absolute Gasteiger partial charge is 0.194 e. The Morgan fingerprint density at radius 3 is 2.35 bits per heavy atom. The molecule has 0 atom stereocenters. The van der Waals surface area contributed by atoms with Gasteiger partial charge in [0.25, 0.3) is 0 Å². The molecular formula is C15H9BrO. The third kappa shape index (κ3) is 1.65. The Labute approximate surface area is 107 Å². The van der Waals surface area contributed by atoms with Gasteiger partial charge in [-0.25, -0.2) is 0 Å². The highest BCUT2D eigenvalue weighted by Gasteiger charge is 2.03. The molecule has 17 heavy (non-hydrogen) atoms. The van der Waals surface area contributed by atoms with Gasteiger partial charge in [0.15, 0.2) is 5.43 Å². The molecule has 3 aromatic rings. The van der Waals surface area contributed by atoms with Crippen LogP contribution in [0.4, 0.5) is 0 Å². The Bertz CT molecular complexity index is 778. The second kappa shape index (κ2) is 3.97. The molecule has 0 aliphatic heterocycles. The van der Waals surface area contributed by atoms with Crippen molar-refractivity contribution in [2.45, 2.75) is 0 Å². The van der Waals surface area contributed by atoms with Gasteiger partial charge in [0.1, 0.15) is 0 Å². The third-order valence-electron chi connectivity index (χ3n) is 2.93. The minimum atomic E-state index is 0.0851. The van der Waals surface area contributed by atoms with Crippen LogP contribution in [0.15, 0.2) is 63.9 Å². The average molecular weight is 285 g/mol. The number of hydrogen-bond acceptors (Lipinski definition) is 1. The zero-order chi connectivity index (χ0) is 11.8. The van der Waals surface area contributed by atoms with E-state index in [-0.39, 0.29) is 5.43 Å². The van der Waals surface area contributed by atoms with Crippen LogP contribution in [0.25, 0.3) is 21.5 Å². The maximum Gasteiger partial charge on any atom is 0.194 e. The fraction of sp³-hybridized carbons (Fsp3) is 0. The first-order valence-corrected chi connectivity index (χ1v) is 6.17. The molecular weight excluding hydrogens is 276 g/mol. The summed E-state index contributed by atoms with van der Waals surface area (Å²) in [5.74, 6) is 0. The van der Waals surface area contributed by atoms with Crippen molar-refractivity contribution in [3.63, 3.8) is 0 Å². The van der Waals surface area contributed by atoms with Crippen molar-refractivity contribution in [2.75, 3.05) is 0 Å². The molecule has 0 aliphatic rings. The Balaban J connectivity index is 2.69. The molecule has 3 rings (SSSR count). The molecule has 0 saturated heterocycles. The molecule has 1 nitrogen and oxygen atoms in total. The quantitative estimate of drug-likeness (QED) is 0.607. The van der Waals surface area contributed by atoms with Crippen LogP contribution in [0.1, 0.15) is 0 Å². The van der Waals surface area contributed by atoms with E-state index in [4.69, 9.17) is 0 Å². The van der Waals surface area contributed by atoms with Gasteiger partial charge in [-0.2, -0.15) is 0 Å². The number of benzene rings is 2. The van der Waals surface area contributed by atoms with Crippen molar-refractivity contribution >= 4 is 37.5 Å². The zero-order valence-corrected chi connectivity index (χ0v) is 10.6. The van der Waals surface area contributed by atoms with Crippen molar-refractivity contribution in [3.05, 3.63) is 69.3 Å². The van der Waals surface area contributed by atoms with Crippen molar-refractivity contribution < 1.29 is 0 Å². The van der Waals surface area contributed by atoms with Crippen LogP contribution in [0.2, 0.25) is 0 Å². The topological polar surface area (TPSA) is 17.1 Å². The molecule has 0 bridgehead atoms. The van der Waals surface area contributed by atoms with Crippen LogP contribution in [-0.2, 0) is 0 Å². The van der Waals surface area contributed by atoms with Gasteiger partial charge in [0, 0.05) is 15.2 Å². The Morgan fingerprint density at radius 1 is 0.706 bits per heavy atom. The number of halogens is 1. The normalized spacial score (nSPS) is 10.9. The van der Waals surface area contributed by atoms with Gasteiger partial charge < -0.3 is 0 Å². The molecule has 0 radical (unpaired) electrons. The predicted octanol–water partition coefficient (Wildman–Crippen LogP) is 4.12.